The molecule has 84 valence electrons. The second-order valence-corrected chi connectivity index (χ2v) is 3.86. The Morgan fingerprint density at radius 3 is 2.20 bits per heavy atom. The molecular weight excluding hydrogens is 197 g/mol. The Bertz CT molecular complexity index is 296. The van der Waals surface area contributed by atoms with E-state index in [1.54, 1.807) is 19.1 Å². The highest BCUT2D eigenvalue weighted by atomic mass is 19.1. The SMILES string of the molecule is CC(CO)(CO)NCc1ccc(F)cc1. The zero-order chi connectivity index (χ0) is 11.3. The van der Waals surface area contributed by atoms with Crippen LogP contribution >= 0.6 is 0 Å². The van der Waals surface area contributed by atoms with Crippen molar-refractivity contribution < 1.29 is 14.6 Å². The molecule has 0 spiro atoms. The van der Waals surface area contributed by atoms with Crippen LogP contribution in [-0.2, 0) is 6.54 Å². The quantitative estimate of drug-likeness (QED) is 0.673. The molecule has 1 rings (SSSR count). The molecule has 0 amide bonds. The van der Waals surface area contributed by atoms with E-state index in [4.69, 9.17) is 10.2 Å². The number of hydrogen-bond donors (Lipinski definition) is 3. The molecule has 0 unspecified atom stereocenters. The predicted molar refractivity (Wildman–Crippen MR) is 55.8 cm³/mol. The van der Waals surface area contributed by atoms with Crippen LogP contribution in [0.2, 0.25) is 0 Å². The number of aliphatic hydroxyl groups excluding tert-OH is 2. The number of aliphatic hydroxyl groups is 2. The lowest BCUT2D eigenvalue weighted by Gasteiger charge is -2.26. The van der Waals surface area contributed by atoms with E-state index < -0.39 is 5.54 Å². The van der Waals surface area contributed by atoms with Crippen LogP contribution in [-0.4, -0.2) is 29.0 Å². The summed E-state index contributed by atoms with van der Waals surface area (Å²) in [6.07, 6.45) is 0. The monoisotopic (exact) mass is 213 g/mol. The van der Waals surface area contributed by atoms with E-state index in [0.29, 0.717) is 6.54 Å². The van der Waals surface area contributed by atoms with E-state index in [1.165, 1.54) is 12.1 Å². The summed E-state index contributed by atoms with van der Waals surface area (Å²) in [4.78, 5) is 0. The highest BCUT2D eigenvalue weighted by molar-refractivity contribution is 5.16. The number of hydrogen-bond acceptors (Lipinski definition) is 3. The molecule has 0 aliphatic heterocycles. The molecule has 0 aromatic heterocycles. The maximum Gasteiger partial charge on any atom is 0.123 e. The molecule has 0 atom stereocenters. The van der Waals surface area contributed by atoms with Crippen molar-refractivity contribution in [2.75, 3.05) is 13.2 Å². The van der Waals surface area contributed by atoms with Gasteiger partial charge in [0.2, 0.25) is 0 Å². The number of rotatable bonds is 5. The van der Waals surface area contributed by atoms with E-state index in [2.05, 4.69) is 5.32 Å². The smallest absolute Gasteiger partial charge is 0.123 e. The van der Waals surface area contributed by atoms with Gasteiger partial charge in [0.1, 0.15) is 5.82 Å². The summed E-state index contributed by atoms with van der Waals surface area (Å²) < 4.78 is 12.6. The van der Waals surface area contributed by atoms with E-state index in [9.17, 15) is 4.39 Å². The van der Waals surface area contributed by atoms with Gasteiger partial charge in [-0.3, -0.25) is 0 Å². The Morgan fingerprint density at radius 2 is 1.73 bits per heavy atom. The lowest BCUT2D eigenvalue weighted by Crippen LogP contribution is -2.48. The van der Waals surface area contributed by atoms with Crippen molar-refractivity contribution in [1.29, 1.82) is 0 Å². The first kappa shape index (κ1) is 12.1. The van der Waals surface area contributed by atoms with Gasteiger partial charge in [0.05, 0.1) is 18.8 Å². The van der Waals surface area contributed by atoms with E-state index >= 15 is 0 Å². The van der Waals surface area contributed by atoms with Crippen molar-refractivity contribution in [1.82, 2.24) is 5.32 Å². The van der Waals surface area contributed by atoms with E-state index in [0.717, 1.165) is 5.56 Å². The largest absolute Gasteiger partial charge is 0.394 e. The molecule has 3 nitrogen and oxygen atoms in total. The highest BCUT2D eigenvalue weighted by Gasteiger charge is 2.20. The summed E-state index contributed by atoms with van der Waals surface area (Å²) in [5, 5.41) is 21.1. The molecule has 1 aromatic rings. The number of halogens is 1. The van der Waals surface area contributed by atoms with Gasteiger partial charge in [0.15, 0.2) is 0 Å². The molecule has 4 heteroatoms. The first-order valence-corrected chi connectivity index (χ1v) is 4.81. The number of benzene rings is 1. The fraction of sp³-hybridized carbons (Fsp3) is 0.455. The predicted octanol–water partition coefficient (Wildman–Crippen LogP) is 0.659. The molecule has 1 aromatic carbocycles. The Balaban J connectivity index is 2.53. The second-order valence-electron chi connectivity index (χ2n) is 3.86. The maximum absolute atomic E-state index is 12.6. The third-order valence-electron chi connectivity index (χ3n) is 2.33. The zero-order valence-corrected chi connectivity index (χ0v) is 8.70. The molecule has 0 radical (unpaired) electrons. The van der Waals surface area contributed by atoms with Crippen molar-refractivity contribution in [3.63, 3.8) is 0 Å². The molecule has 0 fully saturated rings. The Kier molecular flexibility index (Phi) is 4.20. The van der Waals surface area contributed by atoms with Crippen molar-refractivity contribution in [3.05, 3.63) is 35.6 Å². The third-order valence-corrected chi connectivity index (χ3v) is 2.33. The summed E-state index contributed by atoms with van der Waals surface area (Å²) in [5.41, 5.74) is 0.207. The van der Waals surface area contributed by atoms with Crippen LogP contribution in [0.5, 0.6) is 0 Å². The Hall–Kier alpha value is -0.970. The normalized spacial score (nSPS) is 11.7. The van der Waals surface area contributed by atoms with Gasteiger partial charge in [-0.1, -0.05) is 12.1 Å². The first-order valence-electron chi connectivity index (χ1n) is 4.81. The molecular formula is C11H16FNO2. The molecule has 3 N–H and O–H groups in total. The molecule has 0 aliphatic rings. The van der Waals surface area contributed by atoms with E-state index in [1.807, 2.05) is 0 Å². The molecule has 0 aliphatic carbocycles. The van der Waals surface area contributed by atoms with Gasteiger partial charge in [0, 0.05) is 6.54 Å². The van der Waals surface area contributed by atoms with Gasteiger partial charge >= 0.3 is 0 Å². The van der Waals surface area contributed by atoms with Crippen molar-refractivity contribution in [2.24, 2.45) is 0 Å². The second kappa shape index (κ2) is 5.21. The van der Waals surface area contributed by atoms with Gasteiger partial charge in [0.25, 0.3) is 0 Å². The summed E-state index contributed by atoms with van der Waals surface area (Å²) >= 11 is 0. The fourth-order valence-electron chi connectivity index (χ4n) is 1.08. The summed E-state index contributed by atoms with van der Waals surface area (Å²) in [7, 11) is 0. The van der Waals surface area contributed by atoms with Gasteiger partial charge < -0.3 is 15.5 Å². The zero-order valence-electron chi connectivity index (χ0n) is 8.70. The van der Waals surface area contributed by atoms with Crippen molar-refractivity contribution in [3.8, 4) is 0 Å². The van der Waals surface area contributed by atoms with Gasteiger partial charge in [-0.05, 0) is 24.6 Å². The molecule has 15 heavy (non-hydrogen) atoms. The van der Waals surface area contributed by atoms with Crippen LogP contribution in [0.3, 0.4) is 0 Å². The lowest BCUT2D eigenvalue weighted by atomic mass is 10.0. The number of nitrogens with one attached hydrogen (secondary N) is 1. The Labute approximate surface area is 88.6 Å². The van der Waals surface area contributed by atoms with Gasteiger partial charge in [-0.25, -0.2) is 4.39 Å². The highest BCUT2D eigenvalue weighted by Crippen LogP contribution is 2.06. The van der Waals surface area contributed by atoms with Crippen LogP contribution in [0.15, 0.2) is 24.3 Å². The van der Waals surface area contributed by atoms with Crippen LogP contribution in [0.4, 0.5) is 4.39 Å². The van der Waals surface area contributed by atoms with Crippen LogP contribution in [0.1, 0.15) is 12.5 Å². The fourth-order valence-corrected chi connectivity index (χ4v) is 1.08. The molecule has 0 heterocycles. The topological polar surface area (TPSA) is 52.5 Å². The molecule has 0 saturated carbocycles. The van der Waals surface area contributed by atoms with Crippen LogP contribution < -0.4 is 5.32 Å². The average Bonchev–Trinajstić information content (AvgIpc) is 2.28. The Morgan fingerprint density at radius 1 is 1.20 bits per heavy atom. The molecule has 0 bridgehead atoms. The standard InChI is InChI=1S/C11H16FNO2/c1-11(7-14,8-15)13-6-9-2-4-10(12)5-3-9/h2-5,13-15H,6-8H2,1H3. The summed E-state index contributed by atoms with van der Waals surface area (Å²) in [5.74, 6) is -0.272. The van der Waals surface area contributed by atoms with Gasteiger partial charge in [-0.15, -0.1) is 0 Å². The average molecular weight is 213 g/mol. The lowest BCUT2D eigenvalue weighted by molar-refractivity contribution is 0.103. The van der Waals surface area contributed by atoms with Crippen molar-refractivity contribution >= 4 is 0 Å². The van der Waals surface area contributed by atoms with Crippen molar-refractivity contribution in [2.45, 2.75) is 19.0 Å². The van der Waals surface area contributed by atoms with Crippen LogP contribution in [0.25, 0.3) is 0 Å². The maximum atomic E-state index is 12.6. The van der Waals surface area contributed by atoms with E-state index in [-0.39, 0.29) is 19.0 Å². The summed E-state index contributed by atoms with van der Waals surface area (Å²) in [6.45, 7) is 1.91. The first-order chi connectivity index (χ1) is 7.09. The van der Waals surface area contributed by atoms with Gasteiger partial charge in [-0.2, -0.15) is 0 Å². The minimum Gasteiger partial charge on any atom is -0.394 e. The third kappa shape index (κ3) is 3.58. The van der Waals surface area contributed by atoms with Crippen LogP contribution in [0, 0.1) is 5.82 Å². The summed E-state index contributed by atoms with van der Waals surface area (Å²) in [6, 6.07) is 6.09. The minimum absolute atomic E-state index is 0.148. The molecule has 0 saturated heterocycles. The minimum atomic E-state index is -0.700.